The number of aliphatic carboxylic acids is 1. The van der Waals surface area contributed by atoms with Crippen LogP contribution in [0.3, 0.4) is 0 Å². The van der Waals surface area contributed by atoms with Gasteiger partial charge in [-0.1, -0.05) is 48.5 Å². The summed E-state index contributed by atoms with van der Waals surface area (Å²) < 4.78 is 5.08. The van der Waals surface area contributed by atoms with Gasteiger partial charge in [0.1, 0.15) is 11.4 Å². The standard InChI is InChI=1S/C21H17NO4/c1-26-16-11-9-14(10-12-16)13-19(21(24)25)22-20(23)18-8-4-6-15-5-2-3-7-17(15)18/h2-13H,1H3,(H,22,23)(H,24,25). The summed E-state index contributed by atoms with van der Waals surface area (Å²) in [5, 5.41) is 13.6. The van der Waals surface area contributed by atoms with Crippen LogP contribution in [0.1, 0.15) is 15.9 Å². The zero-order valence-electron chi connectivity index (χ0n) is 14.1. The Balaban J connectivity index is 1.90. The lowest BCUT2D eigenvalue weighted by atomic mass is 10.0. The number of ether oxygens (including phenoxy) is 1. The highest BCUT2D eigenvalue weighted by Gasteiger charge is 2.15. The molecule has 0 heterocycles. The van der Waals surface area contributed by atoms with Crippen molar-refractivity contribution in [3.8, 4) is 5.75 Å². The number of amides is 1. The number of rotatable bonds is 5. The summed E-state index contributed by atoms with van der Waals surface area (Å²) in [4.78, 5) is 24.2. The van der Waals surface area contributed by atoms with Crippen molar-refractivity contribution >= 4 is 28.7 Å². The second-order valence-corrected chi connectivity index (χ2v) is 5.62. The van der Waals surface area contributed by atoms with Crippen molar-refractivity contribution < 1.29 is 19.4 Å². The molecule has 3 aromatic rings. The lowest BCUT2D eigenvalue weighted by Gasteiger charge is -2.09. The second kappa shape index (κ2) is 7.53. The molecule has 5 heteroatoms. The van der Waals surface area contributed by atoms with E-state index in [-0.39, 0.29) is 5.70 Å². The van der Waals surface area contributed by atoms with E-state index in [0.29, 0.717) is 16.9 Å². The first-order valence-electron chi connectivity index (χ1n) is 7.96. The van der Waals surface area contributed by atoms with Gasteiger partial charge >= 0.3 is 5.97 Å². The van der Waals surface area contributed by atoms with Crippen molar-refractivity contribution in [3.63, 3.8) is 0 Å². The Morgan fingerprint density at radius 1 is 0.962 bits per heavy atom. The topological polar surface area (TPSA) is 75.6 Å². The number of benzene rings is 3. The molecule has 0 radical (unpaired) electrons. The summed E-state index contributed by atoms with van der Waals surface area (Å²) in [5.74, 6) is -1.02. The molecule has 0 saturated carbocycles. The van der Waals surface area contributed by atoms with Crippen LogP contribution in [0.25, 0.3) is 16.8 Å². The highest BCUT2D eigenvalue weighted by atomic mass is 16.5. The molecule has 0 saturated heterocycles. The highest BCUT2D eigenvalue weighted by Crippen LogP contribution is 2.19. The van der Waals surface area contributed by atoms with Crippen molar-refractivity contribution in [2.45, 2.75) is 0 Å². The predicted octanol–water partition coefficient (Wildman–Crippen LogP) is 3.70. The fourth-order valence-electron chi connectivity index (χ4n) is 2.63. The van der Waals surface area contributed by atoms with E-state index in [0.717, 1.165) is 10.8 Å². The Kier molecular flexibility index (Phi) is 4.99. The van der Waals surface area contributed by atoms with E-state index >= 15 is 0 Å². The average Bonchev–Trinajstić information content (AvgIpc) is 2.67. The van der Waals surface area contributed by atoms with Gasteiger partial charge in [0.2, 0.25) is 0 Å². The van der Waals surface area contributed by atoms with E-state index in [2.05, 4.69) is 5.32 Å². The van der Waals surface area contributed by atoms with Crippen LogP contribution in [0.2, 0.25) is 0 Å². The zero-order valence-corrected chi connectivity index (χ0v) is 14.1. The Morgan fingerprint density at radius 3 is 2.35 bits per heavy atom. The third kappa shape index (κ3) is 3.72. The van der Waals surface area contributed by atoms with Gasteiger partial charge < -0.3 is 15.2 Å². The fourth-order valence-corrected chi connectivity index (χ4v) is 2.63. The Hall–Kier alpha value is -3.60. The third-order valence-corrected chi connectivity index (χ3v) is 3.94. The maximum absolute atomic E-state index is 12.6. The molecule has 0 aliphatic carbocycles. The largest absolute Gasteiger partial charge is 0.497 e. The van der Waals surface area contributed by atoms with E-state index in [9.17, 15) is 14.7 Å². The molecule has 26 heavy (non-hydrogen) atoms. The molecule has 0 aliphatic heterocycles. The van der Waals surface area contributed by atoms with Crippen LogP contribution in [-0.4, -0.2) is 24.1 Å². The Bertz CT molecular complexity index is 985. The molecular formula is C21H17NO4. The number of hydrogen-bond donors (Lipinski definition) is 2. The molecule has 130 valence electrons. The van der Waals surface area contributed by atoms with Gasteiger partial charge in [0.15, 0.2) is 0 Å². The van der Waals surface area contributed by atoms with Crippen LogP contribution in [0.4, 0.5) is 0 Å². The molecule has 5 nitrogen and oxygen atoms in total. The number of carbonyl (C=O) groups is 2. The molecule has 2 N–H and O–H groups in total. The molecule has 0 aromatic heterocycles. The summed E-state index contributed by atoms with van der Waals surface area (Å²) in [5.41, 5.74) is 0.861. The number of carboxylic acid groups (broad SMARTS) is 1. The Morgan fingerprint density at radius 2 is 1.65 bits per heavy atom. The first-order valence-corrected chi connectivity index (χ1v) is 7.96. The number of fused-ring (bicyclic) bond motifs is 1. The summed E-state index contributed by atoms with van der Waals surface area (Å²) in [6.07, 6.45) is 1.41. The van der Waals surface area contributed by atoms with Gasteiger partial charge in [-0.15, -0.1) is 0 Å². The summed E-state index contributed by atoms with van der Waals surface area (Å²) in [7, 11) is 1.55. The zero-order chi connectivity index (χ0) is 18.5. The van der Waals surface area contributed by atoms with Crippen LogP contribution in [0.5, 0.6) is 5.75 Å². The molecular weight excluding hydrogens is 330 g/mol. The molecule has 0 atom stereocenters. The number of nitrogens with one attached hydrogen (secondary N) is 1. The lowest BCUT2D eigenvalue weighted by Crippen LogP contribution is -2.27. The summed E-state index contributed by atoms with van der Waals surface area (Å²) >= 11 is 0. The molecule has 0 spiro atoms. The average molecular weight is 347 g/mol. The van der Waals surface area contributed by atoms with Crippen LogP contribution in [0, 0.1) is 0 Å². The fraction of sp³-hybridized carbons (Fsp3) is 0.0476. The molecule has 3 rings (SSSR count). The minimum Gasteiger partial charge on any atom is -0.497 e. The van der Waals surface area contributed by atoms with Crippen LogP contribution in [-0.2, 0) is 4.79 Å². The third-order valence-electron chi connectivity index (χ3n) is 3.94. The van der Waals surface area contributed by atoms with Crippen LogP contribution >= 0.6 is 0 Å². The minimum absolute atomic E-state index is 0.201. The van der Waals surface area contributed by atoms with E-state index < -0.39 is 11.9 Å². The molecule has 1 amide bonds. The van der Waals surface area contributed by atoms with Crippen LogP contribution in [0.15, 0.2) is 72.4 Å². The number of hydrogen-bond acceptors (Lipinski definition) is 3. The molecule has 3 aromatic carbocycles. The molecule has 0 bridgehead atoms. The van der Waals surface area contributed by atoms with Gasteiger partial charge in [0.05, 0.1) is 7.11 Å². The van der Waals surface area contributed by atoms with Gasteiger partial charge in [0, 0.05) is 5.56 Å². The normalized spacial score (nSPS) is 11.2. The maximum atomic E-state index is 12.6. The Labute approximate surface area is 150 Å². The number of carbonyl (C=O) groups excluding carboxylic acids is 1. The summed E-state index contributed by atoms with van der Waals surface area (Å²) in [6.45, 7) is 0. The van der Waals surface area contributed by atoms with Crippen LogP contribution < -0.4 is 10.1 Å². The monoisotopic (exact) mass is 347 g/mol. The molecule has 0 aliphatic rings. The highest BCUT2D eigenvalue weighted by molar-refractivity contribution is 6.10. The van der Waals surface area contributed by atoms with Crippen molar-refractivity contribution in [3.05, 3.63) is 83.6 Å². The first-order chi connectivity index (χ1) is 12.6. The van der Waals surface area contributed by atoms with Gasteiger partial charge in [-0.3, -0.25) is 4.79 Å². The quantitative estimate of drug-likeness (QED) is 0.690. The van der Waals surface area contributed by atoms with Gasteiger partial charge in [-0.25, -0.2) is 4.79 Å². The minimum atomic E-state index is -1.21. The first kappa shape index (κ1) is 17.2. The molecule has 0 unspecified atom stereocenters. The van der Waals surface area contributed by atoms with Crippen molar-refractivity contribution in [1.29, 1.82) is 0 Å². The predicted molar refractivity (Wildman–Crippen MR) is 100 cm³/mol. The van der Waals surface area contributed by atoms with E-state index in [1.165, 1.54) is 6.08 Å². The van der Waals surface area contributed by atoms with Gasteiger partial charge in [-0.2, -0.15) is 0 Å². The number of carboxylic acids is 1. The van der Waals surface area contributed by atoms with Crippen molar-refractivity contribution in [2.75, 3.05) is 7.11 Å². The van der Waals surface area contributed by atoms with Gasteiger partial charge in [0.25, 0.3) is 5.91 Å². The second-order valence-electron chi connectivity index (χ2n) is 5.62. The lowest BCUT2D eigenvalue weighted by molar-refractivity contribution is -0.132. The summed E-state index contributed by atoms with van der Waals surface area (Å²) in [6, 6.07) is 19.7. The smallest absolute Gasteiger partial charge is 0.352 e. The molecule has 0 fully saturated rings. The van der Waals surface area contributed by atoms with E-state index in [1.807, 2.05) is 30.3 Å². The van der Waals surface area contributed by atoms with E-state index in [1.54, 1.807) is 43.5 Å². The van der Waals surface area contributed by atoms with Gasteiger partial charge in [-0.05, 0) is 40.6 Å². The van der Waals surface area contributed by atoms with Crippen molar-refractivity contribution in [2.24, 2.45) is 0 Å². The SMILES string of the molecule is COc1ccc(C=C(NC(=O)c2cccc3ccccc23)C(=O)O)cc1. The van der Waals surface area contributed by atoms with E-state index in [4.69, 9.17) is 4.74 Å². The number of methoxy groups -OCH3 is 1. The maximum Gasteiger partial charge on any atom is 0.352 e. The van der Waals surface area contributed by atoms with Crippen molar-refractivity contribution in [1.82, 2.24) is 5.32 Å².